The highest BCUT2D eigenvalue weighted by Crippen LogP contribution is 2.21. The van der Waals surface area contributed by atoms with Crippen LogP contribution in [-0.2, 0) is 16.1 Å². The predicted octanol–water partition coefficient (Wildman–Crippen LogP) is 4.73. The van der Waals surface area contributed by atoms with Crippen molar-refractivity contribution in [3.8, 4) is 17.1 Å². The van der Waals surface area contributed by atoms with Crippen molar-refractivity contribution in [3.05, 3.63) is 71.7 Å². The van der Waals surface area contributed by atoms with Crippen molar-refractivity contribution < 1.29 is 23.2 Å². The molecule has 0 N–H and O–H groups in total. The van der Waals surface area contributed by atoms with E-state index >= 15 is 0 Å². The van der Waals surface area contributed by atoms with Gasteiger partial charge in [0.2, 0.25) is 0 Å². The van der Waals surface area contributed by atoms with Crippen molar-refractivity contribution in [2.45, 2.75) is 26.4 Å². The number of esters is 1. The van der Waals surface area contributed by atoms with Crippen LogP contribution in [0.4, 0.5) is 4.39 Å². The molecule has 27 heavy (non-hydrogen) atoms. The first-order valence-corrected chi connectivity index (χ1v) is 8.61. The van der Waals surface area contributed by atoms with E-state index in [1.807, 2.05) is 24.3 Å². The summed E-state index contributed by atoms with van der Waals surface area (Å²) in [6.07, 6.45) is 0. The van der Waals surface area contributed by atoms with Crippen LogP contribution in [0.5, 0.6) is 5.75 Å². The molecule has 0 bridgehead atoms. The summed E-state index contributed by atoms with van der Waals surface area (Å²) in [6, 6.07) is 15.1. The maximum absolute atomic E-state index is 13.0. The third-order valence-electron chi connectivity index (χ3n) is 3.97. The fourth-order valence-electron chi connectivity index (χ4n) is 2.42. The van der Waals surface area contributed by atoms with Crippen LogP contribution in [-0.4, -0.2) is 17.7 Å². The van der Waals surface area contributed by atoms with Crippen LogP contribution in [0.3, 0.4) is 0 Å². The summed E-state index contributed by atoms with van der Waals surface area (Å²) < 4.78 is 28.7. The van der Waals surface area contributed by atoms with E-state index in [-0.39, 0.29) is 19.0 Å². The summed E-state index contributed by atoms with van der Waals surface area (Å²) >= 11 is 0. The van der Waals surface area contributed by atoms with Gasteiger partial charge in [0.25, 0.3) is 0 Å². The third-order valence-corrected chi connectivity index (χ3v) is 3.97. The Morgan fingerprint density at radius 3 is 2.48 bits per heavy atom. The van der Waals surface area contributed by atoms with Crippen molar-refractivity contribution in [3.63, 3.8) is 0 Å². The molecule has 3 rings (SSSR count). The molecule has 1 aromatic heterocycles. The van der Waals surface area contributed by atoms with Gasteiger partial charge in [-0.3, -0.25) is 0 Å². The summed E-state index contributed by atoms with van der Waals surface area (Å²) in [5.41, 5.74) is 2.35. The number of carbonyl (C=O) groups is 1. The van der Waals surface area contributed by atoms with E-state index in [0.29, 0.717) is 28.7 Å². The lowest BCUT2D eigenvalue weighted by molar-refractivity contribution is -0.147. The molecule has 0 fully saturated rings. The lowest BCUT2D eigenvalue weighted by atomic mass is 10.0. The molecule has 6 heteroatoms. The van der Waals surface area contributed by atoms with E-state index in [0.717, 1.165) is 0 Å². The number of rotatable bonds is 7. The molecule has 0 aliphatic heterocycles. The molecule has 2 aromatic carbocycles. The molecule has 0 radical (unpaired) electrons. The molecule has 5 nitrogen and oxygen atoms in total. The van der Waals surface area contributed by atoms with Crippen molar-refractivity contribution in [1.82, 2.24) is 5.16 Å². The SMILES string of the molecule is CC(C)c1ccc(OCC(=O)OCc2cc(-c3ccc(F)cc3)on2)cc1. The first-order chi connectivity index (χ1) is 13.0. The number of ether oxygens (including phenoxy) is 2. The first-order valence-electron chi connectivity index (χ1n) is 8.61. The van der Waals surface area contributed by atoms with E-state index in [4.69, 9.17) is 14.0 Å². The molecule has 3 aromatic rings. The Labute approximate surface area is 156 Å². The Kier molecular flexibility index (Phi) is 5.86. The molecule has 0 aliphatic rings. The highest BCUT2D eigenvalue weighted by molar-refractivity contribution is 5.71. The maximum atomic E-state index is 13.0. The number of carbonyl (C=O) groups excluding carboxylic acids is 1. The number of halogens is 1. The maximum Gasteiger partial charge on any atom is 0.344 e. The Balaban J connectivity index is 1.47. The minimum absolute atomic E-state index is 0.0286. The Morgan fingerprint density at radius 2 is 1.81 bits per heavy atom. The predicted molar refractivity (Wildman–Crippen MR) is 97.7 cm³/mol. The van der Waals surface area contributed by atoms with Crippen molar-refractivity contribution >= 4 is 5.97 Å². The van der Waals surface area contributed by atoms with Crippen LogP contribution in [0.1, 0.15) is 31.0 Å². The van der Waals surface area contributed by atoms with Crippen LogP contribution in [0.25, 0.3) is 11.3 Å². The average molecular weight is 369 g/mol. The van der Waals surface area contributed by atoms with Crippen LogP contribution >= 0.6 is 0 Å². The fraction of sp³-hybridized carbons (Fsp3) is 0.238. The molecule has 0 amide bonds. The molecular weight excluding hydrogens is 349 g/mol. The van der Waals surface area contributed by atoms with Gasteiger partial charge in [-0.05, 0) is 47.9 Å². The molecular formula is C21H20FNO4. The zero-order valence-electron chi connectivity index (χ0n) is 15.1. The van der Waals surface area contributed by atoms with Gasteiger partial charge in [-0.15, -0.1) is 0 Å². The molecule has 1 heterocycles. The highest BCUT2D eigenvalue weighted by atomic mass is 19.1. The quantitative estimate of drug-likeness (QED) is 0.564. The van der Waals surface area contributed by atoms with Crippen molar-refractivity contribution in [2.24, 2.45) is 0 Å². The van der Waals surface area contributed by atoms with E-state index in [9.17, 15) is 9.18 Å². The number of aromatic nitrogens is 1. The molecule has 0 saturated heterocycles. The number of benzene rings is 2. The third kappa shape index (κ3) is 5.17. The van der Waals surface area contributed by atoms with Crippen LogP contribution in [0.15, 0.2) is 59.1 Å². The summed E-state index contributed by atoms with van der Waals surface area (Å²) in [4.78, 5) is 11.8. The smallest absolute Gasteiger partial charge is 0.344 e. The Morgan fingerprint density at radius 1 is 1.11 bits per heavy atom. The van der Waals surface area contributed by atoms with Gasteiger partial charge in [0.1, 0.15) is 23.9 Å². The lowest BCUT2D eigenvalue weighted by Crippen LogP contribution is -2.14. The number of hydrogen-bond acceptors (Lipinski definition) is 5. The fourth-order valence-corrected chi connectivity index (χ4v) is 2.42. The number of nitrogens with zero attached hydrogens (tertiary/aromatic N) is 1. The number of hydrogen-bond donors (Lipinski definition) is 0. The summed E-state index contributed by atoms with van der Waals surface area (Å²) in [6.45, 7) is 4.00. The summed E-state index contributed by atoms with van der Waals surface area (Å²) in [7, 11) is 0. The van der Waals surface area contributed by atoms with Crippen LogP contribution < -0.4 is 4.74 Å². The van der Waals surface area contributed by atoms with Gasteiger partial charge in [-0.2, -0.15) is 0 Å². The molecule has 0 aliphatic carbocycles. The first kappa shape index (κ1) is 18.6. The minimum atomic E-state index is -0.505. The van der Waals surface area contributed by atoms with Crippen LogP contribution in [0.2, 0.25) is 0 Å². The monoisotopic (exact) mass is 369 g/mol. The molecule has 0 atom stereocenters. The van der Waals surface area contributed by atoms with Gasteiger partial charge in [0.15, 0.2) is 12.4 Å². The second-order valence-electron chi connectivity index (χ2n) is 6.36. The lowest BCUT2D eigenvalue weighted by Gasteiger charge is -2.08. The minimum Gasteiger partial charge on any atom is -0.482 e. The Hall–Kier alpha value is -3.15. The van der Waals surface area contributed by atoms with Gasteiger partial charge in [0, 0.05) is 11.6 Å². The van der Waals surface area contributed by atoms with Gasteiger partial charge >= 0.3 is 5.97 Å². The summed E-state index contributed by atoms with van der Waals surface area (Å²) in [5, 5.41) is 3.84. The largest absolute Gasteiger partial charge is 0.482 e. The molecule has 0 saturated carbocycles. The Bertz CT molecular complexity index is 885. The normalized spacial score (nSPS) is 10.8. The van der Waals surface area contributed by atoms with E-state index < -0.39 is 5.97 Å². The van der Waals surface area contributed by atoms with Crippen LogP contribution in [0, 0.1) is 5.82 Å². The standard InChI is InChI=1S/C21H20FNO4/c1-14(2)15-5-9-19(10-6-15)25-13-21(24)26-12-18-11-20(27-23-18)16-3-7-17(22)8-4-16/h3-11,14H,12-13H2,1-2H3. The van der Waals surface area contributed by atoms with Gasteiger partial charge in [-0.1, -0.05) is 31.1 Å². The molecule has 140 valence electrons. The van der Waals surface area contributed by atoms with E-state index in [2.05, 4.69) is 19.0 Å². The van der Waals surface area contributed by atoms with Crippen molar-refractivity contribution in [2.75, 3.05) is 6.61 Å². The average Bonchev–Trinajstić information content (AvgIpc) is 3.14. The van der Waals surface area contributed by atoms with Gasteiger partial charge in [-0.25, -0.2) is 9.18 Å². The van der Waals surface area contributed by atoms with Gasteiger partial charge in [0.05, 0.1) is 0 Å². The van der Waals surface area contributed by atoms with E-state index in [1.54, 1.807) is 18.2 Å². The zero-order valence-corrected chi connectivity index (χ0v) is 15.1. The molecule has 0 unspecified atom stereocenters. The zero-order chi connectivity index (χ0) is 19.2. The highest BCUT2D eigenvalue weighted by Gasteiger charge is 2.10. The van der Waals surface area contributed by atoms with Crippen molar-refractivity contribution in [1.29, 1.82) is 0 Å². The summed E-state index contributed by atoms with van der Waals surface area (Å²) in [5.74, 6) is 0.686. The van der Waals surface area contributed by atoms with E-state index in [1.165, 1.54) is 17.7 Å². The van der Waals surface area contributed by atoms with Gasteiger partial charge < -0.3 is 14.0 Å². The molecule has 0 spiro atoms. The second kappa shape index (κ2) is 8.49. The second-order valence-corrected chi connectivity index (χ2v) is 6.36. The topological polar surface area (TPSA) is 61.6 Å².